The van der Waals surface area contributed by atoms with E-state index in [0.29, 0.717) is 6.42 Å². The fraction of sp³-hybridized carbons (Fsp3) is 0.909. The second-order valence-electron chi connectivity index (χ2n) is 7.51. The topological polar surface area (TPSA) is 55.4 Å². The summed E-state index contributed by atoms with van der Waals surface area (Å²) in [5, 5.41) is 2.67. The minimum atomic E-state index is -0.552. The minimum Gasteiger partial charge on any atom is -0.467 e. The Morgan fingerprint density at radius 1 is 0.731 bits per heavy atom. The van der Waals surface area contributed by atoms with Gasteiger partial charge in [-0.05, 0) is 13.3 Å². The Morgan fingerprint density at radius 2 is 1.12 bits per heavy atom. The molecule has 0 radical (unpaired) electrons. The average molecular weight is 370 g/mol. The number of hydrogen-bond donors (Lipinski definition) is 1. The molecule has 1 unspecified atom stereocenters. The first-order chi connectivity index (χ1) is 12.6. The van der Waals surface area contributed by atoms with E-state index in [1.165, 1.54) is 90.6 Å². The molecule has 26 heavy (non-hydrogen) atoms. The summed E-state index contributed by atoms with van der Waals surface area (Å²) < 4.78 is 4.59. The van der Waals surface area contributed by atoms with Crippen LogP contribution in [-0.4, -0.2) is 25.0 Å². The Balaban J connectivity index is 3.24. The highest BCUT2D eigenvalue weighted by atomic mass is 16.5. The van der Waals surface area contributed by atoms with E-state index in [-0.39, 0.29) is 5.91 Å². The lowest BCUT2D eigenvalue weighted by molar-refractivity contribution is -0.144. The van der Waals surface area contributed by atoms with Gasteiger partial charge >= 0.3 is 5.97 Å². The van der Waals surface area contributed by atoms with Crippen molar-refractivity contribution in [2.75, 3.05) is 7.11 Å². The standard InChI is InChI=1S/C22H43NO3/c1-4-5-6-7-8-9-10-11-12-13-14-15-16-17-18-19-21(24)23-20(2)22(25)26-3/h20H,4-19H2,1-3H3,(H,23,24). The molecule has 0 bridgehead atoms. The van der Waals surface area contributed by atoms with Crippen molar-refractivity contribution >= 4 is 11.9 Å². The van der Waals surface area contributed by atoms with Crippen molar-refractivity contribution in [3.8, 4) is 0 Å². The number of rotatable bonds is 18. The quantitative estimate of drug-likeness (QED) is 0.241. The third-order valence-corrected chi connectivity index (χ3v) is 4.94. The largest absolute Gasteiger partial charge is 0.467 e. The van der Waals surface area contributed by atoms with Gasteiger partial charge in [-0.3, -0.25) is 4.79 Å². The van der Waals surface area contributed by atoms with Gasteiger partial charge in [-0.15, -0.1) is 0 Å². The molecular weight excluding hydrogens is 326 g/mol. The molecule has 0 saturated carbocycles. The summed E-state index contributed by atoms with van der Waals surface area (Å²) in [6.07, 6.45) is 20.3. The van der Waals surface area contributed by atoms with E-state index in [1.807, 2.05) is 0 Å². The van der Waals surface area contributed by atoms with E-state index in [2.05, 4.69) is 17.0 Å². The molecule has 0 aliphatic carbocycles. The normalized spacial score (nSPS) is 12.0. The third kappa shape index (κ3) is 16.4. The lowest BCUT2D eigenvalue weighted by atomic mass is 10.0. The van der Waals surface area contributed by atoms with E-state index in [1.54, 1.807) is 6.92 Å². The second-order valence-corrected chi connectivity index (χ2v) is 7.51. The van der Waals surface area contributed by atoms with Crippen molar-refractivity contribution < 1.29 is 14.3 Å². The van der Waals surface area contributed by atoms with Crippen molar-refractivity contribution in [2.24, 2.45) is 0 Å². The molecule has 0 aliphatic rings. The fourth-order valence-electron chi connectivity index (χ4n) is 3.21. The molecule has 154 valence electrons. The number of amides is 1. The fourth-order valence-corrected chi connectivity index (χ4v) is 3.21. The molecule has 0 aromatic heterocycles. The maximum absolute atomic E-state index is 11.7. The first kappa shape index (κ1) is 24.9. The molecule has 0 heterocycles. The number of carbonyl (C=O) groups is 2. The number of hydrogen-bond acceptors (Lipinski definition) is 3. The lowest BCUT2D eigenvalue weighted by Gasteiger charge is -2.11. The summed E-state index contributed by atoms with van der Waals surface area (Å²) in [6, 6.07) is -0.552. The number of nitrogens with one attached hydrogen (secondary N) is 1. The maximum atomic E-state index is 11.7. The first-order valence-corrected chi connectivity index (χ1v) is 11.0. The van der Waals surface area contributed by atoms with Crippen LogP contribution in [0.5, 0.6) is 0 Å². The highest BCUT2D eigenvalue weighted by Crippen LogP contribution is 2.13. The van der Waals surface area contributed by atoms with Gasteiger partial charge in [0.25, 0.3) is 0 Å². The monoisotopic (exact) mass is 369 g/mol. The van der Waals surface area contributed by atoms with Crippen LogP contribution in [-0.2, 0) is 14.3 Å². The number of carbonyl (C=O) groups excluding carboxylic acids is 2. The SMILES string of the molecule is CCCCCCCCCCCCCCCCCC(=O)NC(C)C(=O)OC. The van der Waals surface area contributed by atoms with Crippen molar-refractivity contribution in [1.29, 1.82) is 0 Å². The Kier molecular flexibility index (Phi) is 18.0. The number of methoxy groups -OCH3 is 1. The average Bonchev–Trinajstić information content (AvgIpc) is 2.64. The van der Waals surface area contributed by atoms with Crippen LogP contribution in [0.2, 0.25) is 0 Å². The zero-order valence-corrected chi connectivity index (χ0v) is 17.6. The van der Waals surface area contributed by atoms with Crippen molar-refractivity contribution in [3.05, 3.63) is 0 Å². The van der Waals surface area contributed by atoms with Gasteiger partial charge < -0.3 is 10.1 Å². The molecule has 0 saturated heterocycles. The highest BCUT2D eigenvalue weighted by molar-refractivity contribution is 5.83. The minimum absolute atomic E-state index is 0.0578. The number of ether oxygens (including phenoxy) is 1. The second kappa shape index (κ2) is 18.7. The predicted molar refractivity (Wildman–Crippen MR) is 109 cm³/mol. The molecule has 0 aromatic carbocycles. The van der Waals surface area contributed by atoms with E-state index in [9.17, 15) is 9.59 Å². The molecule has 4 heteroatoms. The number of esters is 1. The molecule has 1 atom stereocenters. The summed E-state index contributed by atoms with van der Waals surface area (Å²) in [5.41, 5.74) is 0. The van der Waals surface area contributed by atoms with Crippen LogP contribution in [0.1, 0.15) is 117 Å². The van der Waals surface area contributed by atoms with Crippen molar-refractivity contribution in [1.82, 2.24) is 5.32 Å². The van der Waals surface area contributed by atoms with Gasteiger partial charge in [-0.2, -0.15) is 0 Å². The van der Waals surface area contributed by atoms with E-state index >= 15 is 0 Å². The Morgan fingerprint density at radius 3 is 1.50 bits per heavy atom. The van der Waals surface area contributed by atoms with Crippen molar-refractivity contribution in [2.45, 2.75) is 123 Å². The molecule has 0 spiro atoms. The van der Waals surface area contributed by atoms with Gasteiger partial charge in [0.1, 0.15) is 6.04 Å². The van der Waals surface area contributed by atoms with Gasteiger partial charge in [0.2, 0.25) is 5.91 Å². The molecule has 4 nitrogen and oxygen atoms in total. The van der Waals surface area contributed by atoms with Gasteiger partial charge in [-0.25, -0.2) is 4.79 Å². The number of unbranched alkanes of at least 4 members (excludes halogenated alkanes) is 14. The zero-order valence-electron chi connectivity index (χ0n) is 17.6. The smallest absolute Gasteiger partial charge is 0.328 e. The van der Waals surface area contributed by atoms with Gasteiger partial charge in [0, 0.05) is 6.42 Å². The first-order valence-electron chi connectivity index (χ1n) is 11.0. The van der Waals surface area contributed by atoms with Crippen LogP contribution < -0.4 is 5.32 Å². The molecule has 0 aromatic rings. The van der Waals surface area contributed by atoms with E-state index in [0.717, 1.165) is 12.8 Å². The van der Waals surface area contributed by atoms with Crippen LogP contribution in [0.4, 0.5) is 0 Å². The lowest BCUT2D eigenvalue weighted by Crippen LogP contribution is -2.38. The molecule has 0 rings (SSSR count). The molecule has 0 fully saturated rings. The summed E-state index contributed by atoms with van der Waals surface area (Å²) in [6.45, 7) is 3.92. The van der Waals surface area contributed by atoms with Crippen LogP contribution in [0, 0.1) is 0 Å². The van der Waals surface area contributed by atoms with Crippen LogP contribution >= 0.6 is 0 Å². The summed E-state index contributed by atoms with van der Waals surface area (Å²) in [4.78, 5) is 22.9. The van der Waals surface area contributed by atoms with Crippen LogP contribution in [0.25, 0.3) is 0 Å². The predicted octanol–water partition coefficient (Wildman–Crippen LogP) is 5.93. The Bertz CT molecular complexity index is 344. The molecule has 1 N–H and O–H groups in total. The summed E-state index contributed by atoms with van der Waals surface area (Å²) in [7, 11) is 1.33. The summed E-state index contributed by atoms with van der Waals surface area (Å²) >= 11 is 0. The van der Waals surface area contributed by atoms with E-state index in [4.69, 9.17) is 0 Å². The highest BCUT2D eigenvalue weighted by Gasteiger charge is 2.14. The van der Waals surface area contributed by atoms with Crippen LogP contribution in [0.15, 0.2) is 0 Å². The molecular formula is C22H43NO3. The zero-order chi connectivity index (χ0) is 19.5. The third-order valence-electron chi connectivity index (χ3n) is 4.94. The molecule has 1 amide bonds. The Labute approximate surface area is 161 Å². The van der Waals surface area contributed by atoms with E-state index < -0.39 is 12.0 Å². The summed E-state index contributed by atoms with van der Waals surface area (Å²) in [5.74, 6) is -0.451. The van der Waals surface area contributed by atoms with Crippen molar-refractivity contribution in [3.63, 3.8) is 0 Å². The maximum Gasteiger partial charge on any atom is 0.328 e. The van der Waals surface area contributed by atoms with Crippen LogP contribution in [0.3, 0.4) is 0 Å². The Hall–Kier alpha value is -1.06. The van der Waals surface area contributed by atoms with Gasteiger partial charge in [-0.1, -0.05) is 96.8 Å². The van der Waals surface area contributed by atoms with Gasteiger partial charge in [0.15, 0.2) is 0 Å². The molecule has 0 aliphatic heterocycles. The van der Waals surface area contributed by atoms with Gasteiger partial charge in [0.05, 0.1) is 7.11 Å².